The fraction of sp³-hybridized carbons (Fsp3) is 0.409. The molecule has 2 amide bonds. The molecule has 3 N–H and O–H groups in total. The number of hydrogen-bond donors (Lipinski definition) is 3. The first-order valence-corrected chi connectivity index (χ1v) is 10.1. The van der Waals surface area contributed by atoms with E-state index in [-0.39, 0.29) is 24.3 Å². The van der Waals surface area contributed by atoms with E-state index < -0.39 is 6.10 Å². The minimum absolute atomic E-state index is 0.0000542. The zero-order valence-corrected chi connectivity index (χ0v) is 17.1. The van der Waals surface area contributed by atoms with E-state index in [2.05, 4.69) is 20.5 Å². The minimum Gasteiger partial charge on any atom is -0.491 e. The Morgan fingerprint density at radius 3 is 2.53 bits per heavy atom. The van der Waals surface area contributed by atoms with Gasteiger partial charge in [0.05, 0.1) is 0 Å². The lowest BCUT2D eigenvalue weighted by Crippen LogP contribution is -2.42. The predicted octanol–water partition coefficient (Wildman–Crippen LogP) is 2.13. The number of carbonyl (C=O) groups excluding carboxylic acids is 2. The zero-order valence-electron chi connectivity index (χ0n) is 17.1. The van der Waals surface area contributed by atoms with Crippen molar-refractivity contribution < 1.29 is 19.4 Å². The first kappa shape index (κ1) is 21.7. The highest BCUT2D eigenvalue weighted by molar-refractivity contribution is 5.91. The average Bonchev–Trinajstić information content (AvgIpc) is 2.74. The zero-order chi connectivity index (χ0) is 21.3. The molecule has 160 valence electrons. The number of aliphatic hydroxyl groups is 1. The molecule has 1 unspecified atom stereocenters. The number of aromatic nitrogens is 1. The Hall–Kier alpha value is -2.97. The number of pyridine rings is 1. The van der Waals surface area contributed by atoms with Crippen molar-refractivity contribution in [3.63, 3.8) is 0 Å². The Balaban J connectivity index is 1.36. The number of nitrogens with one attached hydrogen (secondary N) is 2. The largest absolute Gasteiger partial charge is 0.491 e. The maximum Gasteiger partial charge on any atom is 0.228 e. The third kappa shape index (κ3) is 6.82. The highest BCUT2D eigenvalue weighted by atomic mass is 16.5. The van der Waals surface area contributed by atoms with E-state index in [1.807, 2.05) is 12.1 Å². The van der Waals surface area contributed by atoms with Crippen LogP contribution >= 0.6 is 0 Å². The van der Waals surface area contributed by atoms with Gasteiger partial charge in [-0.15, -0.1) is 0 Å². The fourth-order valence-corrected chi connectivity index (χ4v) is 3.42. The number of ether oxygens (including phenoxy) is 1. The topological polar surface area (TPSA) is 104 Å². The summed E-state index contributed by atoms with van der Waals surface area (Å²) < 4.78 is 5.63. The van der Waals surface area contributed by atoms with E-state index in [1.54, 1.807) is 36.5 Å². The van der Waals surface area contributed by atoms with Gasteiger partial charge in [-0.1, -0.05) is 6.07 Å². The molecule has 8 heteroatoms. The van der Waals surface area contributed by atoms with E-state index in [1.165, 1.54) is 6.92 Å². The maximum atomic E-state index is 12.4. The number of rotatable bonds is 8. The molecule has 0 saturated carbocycles. The number of nitrogens with zero attached hydrogens (tertiary/aromatic N) is 2. The average molecular weight is 412 g/mol. The van der Waals surface area contributed by atoms with Gasteiger partial charge in [0.15, 0.2) is 0 Å². The summed E-state index contributed by atoms with van der Waals surface area (Å²) in [6, 6.07) is 12.4. The summed E-state index contributed by atoms with van der Waals surface area (Å²) >= 11 is 0. The summed E-state index contributed by atoms with van der Waals surface area (Å²) in [6.07, 6.45) is 2.52. The first-order valence-electron chi connectivity index (χ1n) is 10.1. The normalized spacial score (nSPS) is 15.9. The number of benzene rings is 1. The van der Waals surface area contributed by atoms with Gasteiger partial charge in [-0.2, -0.15) is 0 Å². The predicted molar refractivity (Wildman–Crippen MR) is 114 cm³/mol. The highest BCUT2D eigenvalue weighted by Gasteiger charge is 2.26. The number of amides is 2. The van der Waals surface area contributed by atoms with Gasteiger partial charge >= 0.3 is 0 Å². The van der Waals surface area contributed by atoms with Crippen molar-refractivity contribution in [3.8, 4) is 5.75 Å². The summed E-state index contributed by atoms with van der Waals surface area (Å²) in [6.45, 7) is 3.64. The van der Waals surface area contributed by atoms with Crippen molar-refractivity contribution in [1.82, 2.24) is 9.88 Å². The molecule has 0 bridgehead atoms. The smallest absolute Gasteiger partial charge is 0.228 e. The van der Waals surface area contributed by atoms with Gasteiger partial charge in [0, 0.05) is 31.3 Å². The van der Waals surface area contributed by atoms with Crippen LogP contribution in [0.3, 0.4) is 0 Å². The van der Waals surface area contributed by atoms with Crippen LogP contribution in [0.5, 0.6) is 5.75 Å². The molecule has 30 heavy (non-hydrogen) atoms. The van der Waals surface area contributed by atoms with E-state index in [4.69, 9.17) is 4.74 Å². The van der Waals surface area contributed by atoms with Crippen LogP contribution < -0.4 is 15.4 Å². The van der Waals surface area contributed by atoms with Crippen LogP contribution in [0.15, 0.2) is 48.7 Å². The Labute approximate surface area is 176 Å². The van der Waals surface area contributed by atoms with Crippen molar-refractivity contribution >= 4 is 23.3 Å². The third-order valence-corrected chi connectivity index (χ3v) is 4.96. The van der Waals surface area contributed by atoms with Gasteiger partial charge in [-0.3, -0.25) is 9.59 Å². The molecule has 1 saturated heterocycles. The van der Waals surface area contributed by atoms with Crippen LogP contribution in [-0.2, 0) is 9.59 Å². The second kappa shape index (κ2) is 10.7. The van der Waals surface area contributed by atoms with Gasteiger partial charge in [0.2, 0.25) is 11.8 Å². The molecule has 1 aromatic carbocycles. The summed E-state index contributed by atoms with van der Waals surface area (Å²) in [5.74, 6) is 1.03. The Kier molecular flexibility index (Phi) is 7.75. The van der Waals surface area contributed by atoms with Gasteiger partial charge in [-0.25, -0.2) is 4.98 Å². The molecule has 1 aliphatic rings. The molecule has 0 spiro atoms. The number of likely N-dealkylation sites (tertiary alicyclic amines) is 1. The Morgan fingerprint density at radius 1 is 1.17 bits per heavy atom. The Morgan fingerprint density at radius 2 is 1.90 bits per heavy atom. The second-order valence-electron chi connectivity index (χ2n) is 7.45. The number of aliphatic hydroxyl groups excluding tert-OH is 1. The summed E-state index contributed by atoms with van der Waals surface area (Å²) in [5.41, 5.74) is 0.699. The third-order valence-electron chi connectivity index (χ3n) is 4.96. The SMILES string of the molecule is CC(=O)Nc1ccc(OCC(O)CN2CCC(C(=O)Nc3ccccn3)CC2)cc1. The van der Waals surface area contributed by atoms with Gasteiger partial charge < -0.3 is 25.4 Å². The van der Waals surface area contributed by atoms with Crippen LogP contribution in [0.25, 0.3) is 0 Å². The van der Waals surface area contributed by atoms with E-state index in [0.29, 0.717) is 23.8 Å². The molecular weight excluding hydrogens is 384 g/mol. The lowest BCUT2D eigenvalue weighted by atomic mass is 9.95. The van der Waals surface area contributed by atoms with Crippen molar-refractivity contribution in [2.45, 2.75) is 25.9 Å². The minimum atomic E-state index is -0.626. The molecule has 1 aromatic heterocycles. The highest BCUT2D eigenvalue weighted by Crippen LogP contribution is 2.20. The monoisotopic (exact) mass is 412 g/mol. The molecule has 2 aromatic rings. The number of hydrogen-bond acceptors (Lipinski definition) is 6. The summed E-state index contributed by atoms with van der Waals surface area (Å²) in [5, 5.41) is 15.8. The molecule has 0 radical (unpaired) electrons. The number of anilines is 2. The van der Waals surface area contributed by atoms with Crippen molar-refractivity contribution in [2.75, 3.05) is 36.9 Å². The van der Waals surface area contributed by atoms with Gasteiger partial charge in [0.25, 0.3) is 0 Å². The van der Waals surface area contributed by atoms with Crippen LogP contribution in [-0.4, -0.2) is 59.1 Å². The molecule has 8 nitrogen and oxygen atoms in total. The van der Waals surface area contributed by atoms with Crippen molar-refractivity contribution in [2.24, 2.45) is 5.92 Å². The lowest BCUT2D eigenvalue weighted by molar-refractivity contribution is -0.121. The molecule has 3 rings (SSSR count). The first-order chi connectivity index (χ1) is 14.5. The van der Waals surface area contributed by atoms with E-state index >= 15 is 0 Å². The molecule has 1 atom stereocenters. The maximum absolute atomic E-state index is 12.4. The summed E-state index contributed by atoms with van der Waals surface area (Å²) in [4.78, 5) is 29.7. The molecular formula is C22H28N4O4. The lowest BCUT2D eigenvalue weighted by Gasteiger charge is -2.32. The second-order valence-corrected chi connectivity index (χ2v) is 7.45. The number of β-amino-alcohol motifs (C(OH)–C–C–N with tert-alkyl or cyclic N) is 1. The van der Waals surface area contributed by atoms with Crippen LogP contribution in [0, 0.1) is 5.92 Å². The molecule has 0 aliphatic carbocycles. The quantitative estimate of drug-likeness (QED) is 0.614. The fourth-order valence-electron chi connectivity index (χ4n) is 3.42. The van der Waals surface area contributed by atoms with Crippen molar-refractivity contribution in [3.05, 3.63) is 48.7 Å². The van der Waals surface area contributed by atoms with E-state index in [9.17, 15) is 14.7 Å². The van der Waals surface area contributed by atoms with Crippen LogP contribution in [0.1, 0.15) is 19.8 Å². The van der Waals surface area contributed by atoms with Crippen LogP contribution in [0.4, 0.5) is 11.5 Å². The van der Waals surface area contributed by atoms with Crippen molar-refractivity contribution in [1.29, 1.82) is 0 Å². The van der Waals surface area contributed by atoms with E-state index in [0.717, 1.165) is 25.9 Å². The van der Waals surface area contributed by atoms with Gasteiger partial charge in [-0.05, 0) is 62.3 Å². The molecule has 1 fully saturated rings. The standard InChI is InChI=1S/C22H28N4O4/c1-16(27)24-18-5-7-20(8-6-18)30-15-19(28)14-26-12-9-17(10-13-26)22(29)25-21-4-2-3-11-23-21/h2-8,11,17,19,28H,9-10,12-15H2,1H3,(H,24,27)(H,23,25,29). The number of piperidine rings is 1. The van der Waals surface area contributed by atoms with Crippen LogP contribution in [0.2, 0.25) is 0 Å². The number of carbonyl (C=O) groups is 2. The molecule has 1 aliphatic heterocycles. The summed E-state index contributed by atoms with van der Waals surface area (Å²) in [7, 11) is 0. The van der Waals surface area contributed by atoms with Gasteiger partial charge in [0.1, 0.15) is 24.3 Å². The molecule has 2 heterocycles. The Bertz CT molecular complexity index is 821.